The van der Waals surface area contributed by atoms with Gasteiger partial charge in [0, 0.05) is 20.5 Å². The van der Waals surface area contributed by atoms with Gasteiger partial charge in [-0.15, -0.1) is 10.2 Å². The normalized spacial score (nSPS) is 11.1. The SMILES string of the molecule is CCCc1nc(SCC(=O)Nc2nnc(C)s2)c2c(=O)n(C)c(=O)n(C)c2n1. The van der Waals surface area contributed by atoms with Gasteiger partial charge in [-0.3, -0.25) is 24.0 Å². The van der Waals surface area contributed by atoms with Gasteiger partial charge in [-0.2, -0.15) is 0 Å². The lowest BCUT2D eigenvalue weighted by atomic mass is 10.3. The van der Waals surface area contributed by atoms with E-state index in [9.17, 15) is 14.4 Å². The lowest BCUT2D eigenvalue weighted by molar-refractivity contribution is -0.113. The highest BCUT2D eigenvalue weighted by Gasteiger charge is 2.18. The Morgan fingerprint density at radius 3 is 2.57 bits per heavy atom. The molecule has 3 aromatic heterocycles. The summed E-state index contributed by atoms with van der Waals surface area (Å²) < 4.78 is 2.34. The Labute approximate surface area is 168 Å². The van der Waals surface area contributed by atoms with E-state index in [1.54, 1.807) is 14.0 Å². The maximum atomic E-state index is 12.7. The van der Waals surface area contributed by atoms with E-state index in [4.69, 9.17) is 0 Å². The van der Waals surface area contributed by atoms with E-state index < -0.39 is 11.2 Å². The van der Waals surface area contributed by atoms with Gasteiger partial charge in [-0.25, -0.2) is 14.8 Å². The fourth-order valence-electron chi connectivity index (χ4n) is 2.55. The minimum Gasteiger partial charge on any atom is -0.300 e. The molecule has 0 saturated carbocycles. The number of amides is 1. The van der Waals surface area contributed by atoms with Crippen LogP contribution in [-0.4, -0.2) is 41.0 Å². The van der Waals surface area contributed by atoms with Crippen molar-refractivity contribution in [3.8, 4) is 0 Å². The third-order valence-corrected chi connectivity index (χ3v) is 5.63. The second-order valence-corrected chi connectivity index (χ2v) is 8.21. The van der Waals surface area contributed by atoms with E-state index in [0.717, 1.165) is 27.8 Å². The number of anilines is 1. The minimum absolute atomic E-state index is 0.0301. The van der Waals surface area contributed by atoms with Gasteiger partial charge >= 0.3 is 5.69 Å². The van der Waals surface area contributed by atoms with Crippen LogP contribution in [0.2, 0.25) is 0 Å². The average molecular weight is 422 g/mol. The molecule has 0 saturated heterocycles. The summed E-state index contributed by atoms with van der Waals surface area (Å²) in [7, 11) is 2.97. The summed E-state index contributed by atoms with van der Waals surface area (Å²) in [6, 6.07) is 0. The van der Waals surface area contributed by atoms with Crippen LogP contribution in [0.15, 0.2) is 14.6 Å². The number of carbonyl (C=O) groups excluding carboxylic acids is 1. The first-order valence-electron chi connectivity index (χ1n) is 8.51. The number of thioether (sulfide) groups is 1. The molecule has 0 radical (unpaired) electrons. The lowest BCUT2D eigenvalue weighted by Gasteiger charge is -2.11. The van der Waals surface area contributed by atoms with Gasteiger partial charge in [0.1, 0.15) is 21.2 Å². The van der Waals surface area contributed by atoms with Gasteiger partial charge < -0.3 is 0 Å². The van der Waals surface area contributed by atoms with Crippen LogP contribution in [0.4, 0.5) is 5.13 Å². The van der Waals surface area contributed by atoms with Crippen molar-refractivity contribution in [3.63, 3.8) is 0 Å². The smallest absolute Gasteiger partial charge is 0.300 e. The van der Waals surface area contributed by atoms with Crippen molar-refractivity contribution < 1.29 is 4.79 Å². The third kappa shape index (κ3) is 3.97. The molecule has 148 valence electrons. The highest BCUT2D eigenvalue weighted by atomic mass is 32.2. The van der Waals surface area contributed by atoms with Crippen molar-refractivity contribution in [2.75, 3.05) is 11.1 Å². The molecule has 0 fully saturated rings. The lowest BCUT2D eigenvalue weighted by Crippen LogP contribution is -2.38. The number of hydrogen-bond acceptors (Lipinski definition) is 9. The minimum atomic E-state index is -0.483. The van der Waals surface area contributed by atoms with Crippen molar-refractivity contribution in [1.82, 2.24) is 29.3 Å². The van der Waals surface area contributed by atoms with Crippen molar-refractivity contribution in [1.29, 1.82) is 0 Å². The van der Waals surface area contributed by atoms with Crippen LogP contribution in [0.5, 0.6) is 0 Å². The second-order valence-electron chi connectivity index (χ2n) is 6.06. The van der Waals surface area contributed by atoms with Crippen molar-refractivity contribution >= 4 is 45.2 Å². The zero-order valence-electron chi connectivity index (χ0n) is 15.8. The summed E-state index contributed by atoms with van der Waals surface area (Å²) in [5.41, 5.74) is -0.669. The fraction of sp³-hybridized carbons (Fsp3) is 0.438. The molecule has 12 heteroatoms. The molecule has 3 aromatic rings. The van der Waals surface area contributed by atoms with E-state index in [0.29, 0.717) is 22.4 Å². The van der Waals surface area contributed by atoms with Crippen LogP contribution in [-0.2, 0) is 25.3 Å². The quantitative estimate of drug-likeness (QED) is 0.459. The van der Waals surface area contributed by atoms with E-state index in [1.807, 2.05) is 6.92 Å². The van der Waals surface area contributed by atoms with Crippen LogP contribution >= 0.6 is 23.1 Å². The Morgan fingerprint density at radius 2 is 1.93 bits per heavy atom. The molecule has 0 unspecified atom stereocenters. The molecule has 3 rings (SSSR count). The van der Waals surface area contributed by atoms with Crippen molar-refractivity contribution in [2.45, 2.75) is 31.7 Å². The van der Waals surface area contributed by atoms with Crippen LogP contribution in [0.25, 0.3) is 11.0 Å². The molecule has 0 atom stereocenters. The number of nitrogens with zero attached hydrogens (tertiary/aromatic N) is 6. The van der Waals surface area contributed by atoms with Crippen LogP contribution in [0.3, 0.4) is 0 Å². The highest BCUT2D eigenvalue weighted by Crippen LogP contribution is 2.23. The molecule has 28 heavy (non-hydrogen) atoms. The Bertz CT molecular complexity index is 1170. The number of fused-ring (bicyclic) bond motifs is 1. The number of rotatable bonds is 6. The van der Waals surface area contributed by atoms with Gasteiger partial charge in [0.25, 0.3) is 5.56 Å². The zero-order valence-corrected chi connectivity index (χ0v) is 17.5. The molecular weight excluding hydrogens is 402 g/mol. The summed E-state index contributed by atoms with van der Waals surface area (Å²) in [6.45, 7) is 3.78. The maximum absolute atomic E-state index is 12.7. The number of aromatic nitrogens is 6. The summed E-state index contributed by atoms with van der Waals surface area (Å²) in [4.78, 5) is 46.0. The molecule has 10 nitrogen and oxygen atoms in total. The average Bonchev–Trinajstić information content (AvgIpc) is 3.07. The molecule has 0 aliphatic carbocycles. The van der Waals surface area contributed by atoms with Gasteiger partial charge in [0.2, 0.25) is 11.0 Å². The summed E-state index contributed by atoms with van der Waals surface area (Å²) in [5.74, 6) is 0.273. The van der Waals surface area contributed by atoms with Crippen LogP contribution in [0, 0.1) is 6.92 Å². The fourth-order valence-corrected chi connectivity index (χ4v) is 3.99. The number of nitrogens with one attached hydrogen (secondary N) is 1. The zero-order chi connectivity index (χ0) is 20.4. The van der Waals surface area contributed by atoms with E-state index in [2.05, 4.69) is 25.5 Å². The Balaban J connectivity index is 1.97. The topological polar surface area (TPSA) is 125 Å². The van der Waals surface area contributed by atoms with E-state index in [1.165, 1.54) is 23.0 Å². The molecule has 0 spiro atoms. The van der Waals surface area contributed by atoms with Gasteiger partial charge in [0.05, 0.1) is 5.75 Å². The maximum Gasteiger partial charge on any atom is 0.332 e. The molecular formula is C16H19N7O3S2. The van der Waals surface area contributed by atoms with Gasteiger partial charge in [0.15, 0.2) is 5.65 Å². The summed E-state index contributed by atoms with van der Waals surface area (Å²) >= 11 is 2.40. The summed E-state index contributed by atoms with van der Waals surface area (Å²) in [5, 5.41) is 12.2. The first-order chi connectivity index (χ1) is 13.3. The first-order valence-corrected chi connectivity index (χ1v) is 10.3. The number of aryl methyl sites for hydroxylation is 3. The van der Waals surface area contributed by atoms with Gasteiger partial charge in [-0.05, 0) is 13.3 Å². The molecule has 0 aromatic carbocycles. The highest BCUT2D eigenvalue weighted by molar-refractivity contribution is 8.00. The molecule has 0 aliphatic heterocycles. The van der Waals surface area contributed by atoms with Crippen LogP contribution in [0.1, 0.15) is 24.2 Å². The third-order valence-electron chi connectivity index (χ3n) is 3.90. The molecule has 1 N–H and O–H groups in total. The molecule has 3 heterocycles. The van der Waals surface area contributed by atoms with Gasteiger partial charge in [-0.1, -0.05) is 30.0 Å². The van der Waals surface area contributed by atoms with Crippen LogP contribution < -0.4 is 16.6 Å². The Kier molecular flexibility index (Phi) is 5.89. The predicted octanol–water partition coefficient (Wildman–Crippen LogP) is 0.870. The molecule has 0 bridgehead atoms. The van der Waals surface area contributed by atoms with E-state index in [-0.39, 0.29) is 22.7 Å². The molecule has 1 amide bonds. The summed E-state index contributed by atoms with van der Waals surface area (Å²) in [6.07, 6.45) is 1.41. The van der Waals surface area contributed by atoms with Crippen molar-refractivity contribution in [2.24, 2.45) is 14.1 Å². The van der Waals surface area contributed by atoms with Crippen molar-refractivity contribution in [3.05, 3.63) is 31.7 Å². The second kappa shape index (κ2) is 8.19. The number of carbonyl (C=O) groups is 1. The standard InChI is InChI=1S/C16H19N7O3S2/c1-5-6-9-17-12-11(14(25)23(4)16(26)22(12)3)13(18-9)27-7-10(24)19-15-21-20-8(2)28-15/h5-7H2,1-4H3,(H,19,21,24). The largest absolute Gasteiger partial charge is 0.332 e. The first kappa shape index (κ1) is 20.1. The number of hydrogen-bond donors (Lipinski definition) is 1. The molecule has 0 aliphatic rings. The predicted molar refractivity (Wildman–Crippen MR) is 108 cm³/mol. The van der Waals surface area contributed by atoms with E-state index >= 15 is 0 Å². The monoisotopic (exact) mass is 421 g/mol. The Hall–Kier alpha value is -2.60. The Morgan fingerprint density at radius 1 is 1.18 bits per heavy atom.